The summed E-state index contributed by atoms with van der Waals surface area (Å²) in [5, 5.41) is 16.5. The van der Waals surface area contributed by atoms with Crippen LogP contribution >= 0.6 is 11.6 Å². The van der Waals surface area contributed by atoms with Crippen LogP contribution in [0.25, 0.3) is 11.3 Å². The van der Waals surface area contributed by atoms with E-state index in [-0.39, 0.29) is 12.5 Å². The first kappa shape index (κ1) is 23.2. The van der Waals surface area contributed by atoms with E-state index in [2.05, 4.69) is 25.6 Å². The molecule has 0 aliphatic carbocycles. The number of benzene rings is 1. The lowest BCUT2D eigenvalue weighted by Crippen LogP contribution is -2.31. The number of halogens is 1. The van der Waals surface area contributed by atoms with E-state index in [0.29, 0.717) is 22.6 Å². The molecule has 1 aromatic carbocycles. The van der Waals surface area contributed by atoms with Gasteiger partial charge in [0.05, 0.1) is 18.3 Å². The number of aliphatic hydroxyl groups excluding tert-OH is 1. The number of ether oxygens (including phenoxy) is 1. The van der Waals surface area contributed by atoms with Crippen LogP contribution in [-0.2, 0) is 4.74 Å². The molecule has 0 bridgehead atoms. The predicted octanol–water partition coefficient (Wildman–Crippen LogP) is 3.74. The van der Waals surface area contributed by atoms with Gasteiger partial charge in [-0.15, -0.1) is 0 Å². The maximum atomic E-state index is 12.8. The standard InChI is InChI=1S/C24H28ClN5O3/c1-15-11-27-24(28-12-16-5-7-33-8-6-16)30-22(15)18-10-20(26-13-18)23(32)29-21(14-31)17-3-2-4-19(25)9-17/h2-4,9-11,13,16,21,26,31H,5-8,12,14H2,1H3,(H,29,32)(H,27,28,30)/t21-/m1/s1. The van der Waals surface area contributed by atoms with Crippen LogP contribution in [-0.4, -0.2) is 52.3 Å². The van der Waals surface area contributed by atoms with Crippen LogP contribution in [0.4, 0.5) is 5.95 Å². The number of carbonyl (C=O) groups excluding carboxylic acids is 1. The minimum absolute atomic E-state index is 0.243. The van der Waals surface area contributed by atoms with Gasteiger partial charge in [-0.2, -0.15) is 0 Å². The monoisotopic (exact) mass is 469 g/mol. The van der Waals surface area contributed by atoms with Crippen LogP contribution in [0.5, 0.6) is 0 Å². The molecule has 174 valence electrons. The topological polar surface area (TPSA) is 112 Å². The highest BCUT2D eigenvalue weighted by Gasteiger charge is 2.18. The Morgan fingerprint density at radius 3 is 2.91 bits per heavy atom. The summed E-state index contributed by atoms with van der Waals surface area (Å²) in [5.74, 6) is 0.786. The van der Waals surface area contributed by atoms with Gasteiger partial charge in [-0.3, -0.25) is 4.79 Å². The molecule has 1 atom stereocenters. The maximum Gasteiger partial charge on any atom is 0.268 e. The summed E-state index contributed by atoms with van der Waals surface area (Å²) in [6.07, 6.45) is 5.60. The second kappa shape index (κ2) is 10.8. The largest absolute Gasteiger partial charge is 0.394 e. The quantitative estimate of drug-likeness (QED) is 0.400. The highest BCUT2D eigenvalue weighted by molar-refractivity contribution is 6.30. The molecular formula is C24H28ClN5O3. The number of amides is 1. The van der Waals surface area contributed by atoms with Gasteiger partial charge in [0.15, 0.2) is 0 Å². The molecular weight excluding hydrogens is 442 g/mol. The van der Waals surface area contributed by atoms with Crippen LogP contribution in [0.15, 0.2) is 42.7 Å². The molecule has 33 heavy (non-hydrogen) atoms. The molecule has 1 aliphatic heterocycles. The van der Waals surface area contributed by atoms with E-state index in [1.807, 2.05) is 13.0 Å². The third-order valence-electron chi connectivity index (χ3n) is 5.80. The van der Waals surface area contributed by atoms with Crippen molar-refractivity contribution in [2.24, 2.45) is 5.92 Å². The number of carbonyl (C=O) groups is 1. The summed E-state index contributed by atoms with van der Waals surface area (Å²) in [7, 11) is 0. The molecule has 3 aromatic rings. The molecule has 2 aromatic heterocycles. The maximum absolute atomic E-state index is 12.8. The number of hydrogen-bond acceptors (Lipinski definition) is 6. The number of anilines is 1. The SMILES string of the molecule is Cc1cnc(NCC2CCOCC2)nc1-c1c[nH]c(C(=O)N[C@H](CO)c2cccc(Cl)c2)c1. The van der Waals surface area contributed by atoms with Crippen molar-refractivity contribution in [1.82, 2.24) is 20.3 Å². The van der Waals surface area contributed by atoms with Crippen molar-refractivity contribution < 1.29 is 14.6 Å². The number of aliphatic hydroxyl groups is 1. The fourth-order valence-electron chi connectivity index (χ4n) is 3.86. The van der Waals surface area contributed by atoms with Crippen molar-refractivity contribution in [2.75, 3.05) is 31.7 Å². The Hall–Kier alpha value is -2.94. The normalized spacial score (nSPS) is 15.2. The minimum Gasteiger partial charge on any atom is -0.394 e. The highest BCUT2D eigenvalue weighted by atomic mass is 35.5. The number of H-pyrrole nitrogens is 1. The number of aromatic amines is 1. The number of aromatic nitrogens is 3. The van der Waals surface area contributed by atoms with Crippen molar-refractivity contribution in [3.05, 3.63) is 64.6 Å². The third-order valence-corrected chi connectivity index (χ3v) is 6.04. The predicted molar refractivity (Wildman–Crippen MR) is 127 cm³/mol. The van der Waals surface area contributed by atoms with E-state index in [9.17, 15) is 9.90 Å². The van der Waals surface area contributed by atoms with Crippen molar-refractivity contribution in [3.8, 4) is 11.3 Å². The fraction of sp³-hybridized carbons (Fsp3) is 0.375. The van der Waals surface area contributed by atoms with Crippen LogP contribution in [0.3, 0.4) is 0 Å². The Bertz CT molecular complexity index is 1100. The van der Waals surface area contributed by atoms with E-state index in [4.69, 9.17) is 16.3 Å². The first-order valence-corrected chi connectivity index (χ1v) is 11.4. The Morgan fingerprint density at radius 2 is 2.15 bits per heavy atom. The molecule has 1 saturated heterocycles. The summed E-state index contributed by atoms with van der Waals surface area (Å²) < 4.78 is 5.41. The number of nitrogens with zero attached hydrogens (tertiary/aromatic N) is 2. The lowest BCUT2D eigenvalue weighted by atomic mass is 10.0. The van der Waals surface area contributed by atoms with Crippen molar-refractivity contribution in [2.45, 2.75) is 25.8 Å². The molecule has 4 N–H and O–H groups in total. The average molecular weight is 470 g/mol. The molecule has 0 spiro atoms. The summed E-state index contributed by atoms with van der Waals surface area (Å²) in [6, 6.07) is 8.25. The smallest absolute Gasteiger partial charge is 0.268 e. The zero-order valence-corrected chi connectivity index (χ0v) is 19.2. The van der Waals surface area contributed by atoms with Crippen molar-refractivity contribution in [3.63, 3.8) is 0 Å². The first-order valence-electron chi connectivity index (χ1n) is 11.0. The molecule has 0 saturated carbocycles. The second-order valence-electron chi connectivity index (χ2n) is 8.23. The summed E-state index contributed by atoms with van der Waals surface area (Å²) in [6.45, 7) is 4.10. The first-order chi connectivity index (χ1) is 16.0. The van der Waals surface area contributed by atoms with Gasteiger partial charge in [0, 0.05) is 42.7 Å². The van der Waals surface area contributed by atoms with Gasteiger partial charge in [-0.05, 0) is 55.0 Å². The van der Waals surface area contributed by atoms with E-state index in [1.54, 1.807) is 36.7 Å². The number of rotatable bonds is 8. The van der Waals surface area contributed by atoms with Gasteiger partial charge in [0.25, 0.3) is 5.91 Å². The van der Waals surface area contributed by atoms with Crippen LogP contribution in [0, 0.1) is 12.8 Å². The van der Waals surface area contributed by atoms with Gasteiger partial charge in [0.1, 0.15) is 5.69 Å². The summed E-state index contributed by atoms with van der Waals surface area (Å²) in [5.41, 5.74) is 3.56. The summed E-state index contributed by atoms with van der Waals surface area (Å²) >= 11 is 6.04. The van der Waals surface area contributed by atoms with Gasteiger partial charge in [-0.25, -0.2) is 9.97 Å². The Balaban J connectivity index is 1.45. The van der Waals surface area contributed by atoms with Gasteiger partial charge in [-0.1, -0.05) is 23.7 Å². The fourth-order valence-corrected chi connectivity index (χ4v) is 4.06. The molecule has 9 heteroatoms. The average Bonchev–Trinajstić information content (AvgIpc) is 3.33. The van der Waals surface area contributed by atoms with E-state index < -0.39 is 6.04 Å². The van der Waals surface area contributed by atoms with Crippen molar-refractivity contribution >= 4 is 23.5 Å². The van der Waals surface area contributed by atoms with Gasteiger partial charge in [0.2, 0.25) is 5.95 Å². The lowest BCUT2D eigenvalue weighted by Gasteiger charge is -2.22. The number of nitrogens with one attached hydrogen (secondary N) is 3. The molecule has 0 unspecified atom stereocenters. The van der Waals surface area contributed by atoms with E-state index >= 15 is 0 Å². The molecule has 3 heterocycles. The third kappa shape index (κ3) is 5.90. The zero-order valence-electron chi connectivity index (χ0n) is 18.5. The second-order valence-corrected chi connectivity index (χ2v) is 8.66. The zero-order chi connectivity index (χ0) is 23.2. The number of hydrogen-bond donors (Lipinski definition) is 4. The Labute approximate surface area is 197 Å². The molecule has 1 fully saturated rings. The molecule has 1 aliphatic rings. The lowest BCUT2D eigenvalue weighted by molar-refractivity contribution is 0.0699. The Morgan fingerprint density at radius 1 is 1.33 bits per heavy atom. The van der Waals surface area contributed by atoms with Gasteiger partial charge >= 0.3 is 0 Å². The van der Waals surface area contributed by atoms with Crippen LogP contribution < -0.4 is 10.6 Å². The minimum atomic E-state index is -0.565. The molecule has 0 radical (unpaired) electrons. The van der Waals surface area contributed by atoms with Gasteiger partial charge < -0.3 is 25.5 Å². The Kier molecular flexibility index (Phi) is 7.59. The molecule has 8 nitrogen and oxygen atoms in total. The molecule has 4 rings (SSSR count). The number of aryl methyl sites for hydroxylation is 1. The van der Waals surface area contributed by atoms with Crippen LogP contribution in [0.2, 0.25) is 5.02 Å². The molecule has 1 amide bonds. The van der Waals surface area contributed by atoms with Crippen molar-refractivity contribution in [1.29, 1.82) is 0 Å². The summed E-state index contributed by atoms with van der Waals surface area (Å²) in [4.78, 5) is 24.9. The van der Waals surface area contributed by atoms with E-state index in [0.717, 1.165) is 55.0 Å². The van der Waals surface area contributed by atoms with E-state index in [1.165, 1.54) is 0 Å². The van der Waals surface area contributed by atoms with Crippen LogP contribution in [0.1, 0.15) is 40.5 Å². The highest BCUT2D eigenvalue weighted by Crippen LogP contribution is 2.24.